The van der Waals surface area contributed by atoms with Crippen molar-refractivity contribution in [3.8, 4) is 11.8 Å². The number of aryl methyl sites for hydroxylation is 3. The molecule has 5 rings (SSSR count). The third-order valence-electron chi connectivity index (χ3n) is 6.08. The molecule has 158 valence electrons. The maximum atomic E-state index is 9.67. The molecule has 0 saturated carbocycles. The first-order chi connectivity index (χ1) is 15.5. The molecule has 1 aliphatic heterocycles. The Morgan fingerprint density at radius 3 is 2.69 bits per heavy atom. The molecule has 0 spiro atoms. The number of rotatable bonds is 2. The molecule has 0 fully saturated rings. The molecule has 0 N–H and O–H groups in total. The van der Waals surface area contributed by atoms with Gasteiger partial charge in [0.2, 0.25) is 0 Å². The molecule has 3 heterocycles. The maximum Gasteiger partial charge on any atom is 0.160 e. The fraction of sp³-hybridized carbons (Fsp3) is 0.222. The lowest BCUT2D eigenvalue weighted by Crippen LogP contribution is -2.04. The number of hydrogen-bond donors (Lipinski definition) is 0. The predicted molar refractivity (Wildman–Crippen MR) is 125 cm³/mol. The fourth-order valence-corrected chi connectivity index (χ4v) is 4.53. The molecule has 2 aromatic heterocycles. The second-order valence-corrected chi connectivity index (χ2v) is 8.39. The largest absolute Gasteiger partial charge is 0.488 e. The van der Waals surface area contributed by atoms with Crippen LogP contribution in [0, 0.1) is 32.1 Å². The van der Waals surface area contributed by atoms with Gasteiger partial charge in [-0.15, -0.1) is 0 Å². The van der Waals surface area contributed by atoms with Crippen molar-refractivity contribution in [3.05, 3.63) is 93.4 Å². The Hall–Kier alpha value is -3.91. The minimum absolute atomic E-state index is 0.474. The number of nitriles is 1. The average molecular weight is 421 g/mol. The summed E-state index contributed by atoms with van der Waals surface area (Å²) in [4.78, 5) is 9.51. The smallest absolute Gasteiger partial charge is 0.160 e. The molecule has 0 amide bonds. The highest BCUT2D eigenvalue weighted by molar-refractivity contribution is 5.88. The van der Waals surface area contributed by atoms with Crippen molar-refractivity contribution in [1.29, 1.82) is 5.26 Å². The maximum absolute atomic E-state index is 9.67. The summed E-state index contributed by atoms with van der Waals surface area (Å²) in [7, 11) is 0. The highest BCUT2D eigenvalue weighted by atomic mass is 16.5. The molecule has 1 aliphatic rings. The lowest BCUT2D eigenvalue weighted by Gasteiger charge is -2.14. The Kier molecular flexibility index (Phi) is 4.79. The predicted octanol–water partition coefficient (Wildman–Crippen LogP) is 5.64. The normalized spacial score (nSPS) is 14.2. The van der Waals surface area contributed by atoms with E-state index in [0.717, 1.165) is 61.8 Å². The second kappa shape index (κ2) is 7.65. The molecular weight excluding hydrogens is 396 g/mol. The zero-order valence-corrected chi connectivity index (χ0v) is 18.7. The minimum Gasteiger partial charge on any atom is -0.488 e. The highest BCUT2D eigenvalue weighted by Gasteiger charge is 2.22. The topological polar surface area (TPSA) is 63.7 Å². The Labute approximate surface area is 187 Å². The van der Waals surface area contributed by atoms with E-state index in [0.29, 0.717) is 18.7 Å². The van der Waals surface area contributed by atoms with Crippen molar-refractivity contribution in [2.45, 2.75) is 40.8 Å². The van der Waals surface area contributed by atoms with Crippen LogP contribution in [0.4, 0.5) is 0 Å². The van der Waals surface area contributed by atoms with Gasteiger partial charge in [-0.05, 0) is 62.1 Å². The van der Waals surface area contributed by atoms with Crippen molar-refractivity contribution in [3.63, 3.8) is 0 Å². The molecule has 0 unspecified atom stereocenters. The number of aromatic nitrogens is 3. The summed E-state index contributed by atoms with van der Waals surface area (Å²) in [6, 6.07) is 18.8. The van der Waals surface area contributed by atoms with E-state index in [2.05, 4.69) is 54.0 Å². The van der Waals surface area contributed by atoms with Gasteiger partial charge in [-0.2, -0.15) is 5.26 Å². The van der Waals surface area contributed by atoms with Crippen LogP contribution in [0.1, 0.15) is 46.3 Å². The van der Waals surface area contributed by atoms with Gasteiger partial charge in [-0.3, -0.25) is 0 Å². The third kappa shape index (κ3) is 3.25. The SMILES string of the molecule is C/C(C#N)=C1\c2ccccc2COc2cc(Cn3c(C)nc4c(C)cc(C)nc43)ccc21. The second-order valence-electron chi connectivity index (χ2n) is 8.39. The standard InChI is InChI=1S/C27H24N4O/c1-16-11-18(3)29-27-26(16)30-19(4)31(27)14-20-9-10-23-24(12-20)32-15-21-7-5-6-8-22(21)25(23)17(2)13-28/h5-12H,14-15H2,1-4H3/b25-17-. The molecule has 0 aliphatic carbocycles. The van der Waals surface area contributed by atoms with Crippen molar-refractivity contribution in [2.24, 2.45) is 0 Å². The van der Waals surface area contributed by atoms with E-state index < -0.39 is 0 Å². The van der Waals surface area contributed by atoms with E-state index in [1.807, 2.05) is 32.9 Å². The van der Waals surface area contributed by atoms with Crippen LogP contribution in [0.25, 0.3) is 16.7 Å². The Bertz CT molecular complexity index is 1450. The number of imidazole rings is 1. The molecule has 0 radical (unpaired) electrons. The Morgan fingerprint density at radius 2 is 1.88 bits per heavy atom. The van der Waals surface area contributed by atoms with E-state index >= 15 is 0 Å². The zero-order valence-electron chi connectivity index (χ0n) is 18.7. The molecule has 5 nitrogen and oxygen atoms in total. The molecule has 0 bridgehead atoms. The van der Waals surface area contributed by atoms with E-state index in [1.165, 1.54) is 0 Å². The minimum atomic E-state index is 0.474. The van der Waals surface area contributed by atoms with Crippen molar-refractivity contribution < 1.29 is 4.74 Å². The van der Waals surface area contributed by atoms with E-state index in [1.54, 1.807) is 0 Å². The number of fused-ring (bicyclic) bond motifs is 3. The van der Waals surface area contributed by atoms with Crippen molar-refractivity contribution >= 4 is 16.7 Å². The number of benzene rings is 2. The van der Waals surface area contributed by atoms with Gasteiger partial charge in [-0.1, -0.05) is 36.4 Å². The van der Waals surface area contributed by atoms with Crippen LogP contribution < -0.4 is 4.74 Å². The monoisotopic (exact) mass is 420 g/mol. The Balaban J connectivity index is 1.61. The molecule has 32 heavy (non-hydrogen) atoms. The summed E-state index contributed by atoms with van der Waals surface area (Å²) < 4.78 is 8.38. The summed E-state index contributed by atoms with van der Waals surface area (Å²) in [6.07, 6.45) is 0. The van der Waals surface area contributed by atoms with Gasteiger partial charge in [0.05, 0.1) is 12.6 Å². The highest BCUT2D eigenvalue weighted by Crippen LogP contribution is 2.39. The van der Waals surface area contributed by atoms with E-state index in [4.69, 9.17) is 14.7 Å². The number of hydrogen-bond acceptors (Lipinski definition) is 4. The first-order valence-corrected chi connectivity index (χ1v) is 10.7. The number of pyridine rings is 1. The van der Waals surface area contributed by atoms with Crippen LogP contribution in [0.3, 0.4) is 0 Å². The van der Waals surface area contributed by atoms with Gasteiger partial charge >= 0.3 is 0 Å². The summed E-state index contributed by atoms with van der Waals surface area (Å²) in [6.45, 7) is 9.10. The molecular formula is C27H24N4O. The number of ether oxygens (including phenoxy) is 1. The first kappa shape index (κ1) is 20.0. The molecule has 2 aromatic carbocycles. The lowest BCUT2D eigenvalue weighted by molar-refractivity contribution is 0.307. The summed E-state index contributed by atoms with van der Waals surface area (Å²) in [5.74, 6) is 1.73. The van der Waals surface area contributed by atoms with Crippen molar-refractivity contribution in [2.75, 3.05) is 0 Å². The molecule has 0 saturated heterocycles. The fourth-order valence-electron chi connectivity index (χ4n) is 4.53. The van der Waals surface area contributed by atoms with Crippen LogP contribution in [-0.2, 0) is 13.2 Å². The Morgan fingerprint density at radius 1 is 1.06 bits per heavy atom. The van der Waals surface area contributed by atoms with Crippen LogP contribution >= 0.6 is 0 Å². The van der Waals surface area contributed by atoms with E-state index in [-0.39, 0.29) is 0 Å². The van der Waals surface area contributed by atoms with Crippen LogP contribution in [0.15, 0.2) is 54.1 Å². The molecule has 0 atom stereocenters. The van der Waals surface area contributed by atoms with E-state index in [9.17, 15) is 5.26 Å². The molecule has 5 heteroatoms. The van der Waals surface area contributed by atoms with Gasteiger partial charge < -0.3 is 9.30 Å². The van der Waals surface area contributed by atoms with Gasteiger partial charge in [0.1, 0.15) is 23.7 Å². The summed E-state index contributed by atoms with van der Waals surface area (Å²) in [5, 5.41) is 9.67. The van der Waals surface area contributed by atoms with Crippen LogP contribution in [0.2, 0.25) is 0 Å². The summed E-state index contributed by atoms with van der Waals surface area (Å²) in [5.41, 5.74) is 9.81. The summed E-state index contributed by atoms with van der Waals surface area (Å²) >= 11 is 0. The number of nitrogens with zero attached hydrogens (tertiary/aromatic N) is 4. The third-order valence-corrected chi connectivity index (χ3v) is 6.08. The van der Waals surface area contributed by atoms with Gasteiger partial charge in [0, 0.05) is 22.4 Å². The van der Waals surface area contributed by atoms with Crippen LogP contribution in [0.5, 0.6) is 5.75 Å². The lowest BCUT2D eigenvalue weighted by atomic mass is 9.90. The molecule has 4 aromatic rings. The number of allylic oxidation sites excluding steroid dienone is 1. The van der Waals surface area contributed by atoms with Gasteiger partial charge in [-0.25, -0.2) is 9.97 Å². The van der Waals surface area contributed by atoms with Crippen LogP contribution in [-0.4, -0.2) is 14.5 Å². The van der Waals surface area contributed by atoms with Gasteiger partial charge in [0.15, 0.2) is 5.65 Å². The van der Waals surface area contributed by atoms with Crippen molar-refractivity contribution in [1.82, 2.24) is 14.5 Å². The van der Waals surface area contributed by atoms with Gasteiger partial charge in [0.25, 0.3) is 0 Å². The first-order valence-electron chi connectivity index (χ1n) is 10.7. The zero-order chi connectivity index (χ0) is 22.4. The average Bonchev–Trinajstić information content (AvgIpc) is 2.99. The quantitative estimate of drug-likeness (QED) is 0.394.